The summed E-state index contributed by atoms with van der Waals surface area (Å²) in [6, 6.07) is 16.9. The molecule has 4 rings (SSSR count). The topological polar surface area (TPSA) is 15.6 Å². The van der Waals surface area contributed by atoms with Crippen molar-refractivity contribution >= 4 is 61.2 Å². The van der Waals surface area contributed by atoms with Gasteiger partial charge in [-0.25, -0.2) is 4.99 Å². The normalized spacial score (nSPS) is 16.0. The van der Waals surface area contributed by atoms with Gasteiger partial charge in [-0.05, 0) is 35.7 Å². The SMILES string of the molecule is Br.Brc1ccc2c(c1)CCN1C(c3ccccc3)=CSC1=N2. The van der Waals surface area contributed by atoms with Gasteiger partial charge in [0.25, 0.3) is 0 Å². The van der Waals surface area contributed by atoms with Crippen LogP contribution in [0.25, 0.3) is 5.70 Å². The molecular formula is C17H14Br2N2S. The van der Waals surface area contributed by atoms with Crippen molar-refractivity contribution in [2.24, 2.45) is 4.99 Å². The van der Waals surface area contributed by atoms with E-state index in [-0.39, 0.29) is 17.0 Å². The van der Waals surface area contributed by atoms with E-state index in [0.29, 0.717) is 0 Å². The Labute approximate surface area is 153 Å². The van der Waals surface area contributed by atoms with Crippen molar-refractivity contribution in [1.29, 1.82) is 0 Å². The Morgan fingerprint density at radius 1 is 1.09 bits per heavy atom. The van der Waals surface area contributed by atoms with Gasteiger partial charge in [0, 0.05) is 16.4 Å². The van der Waals surface area contributed by atoms with Gasteiger partial charge < -0.3 is 4.90 Å². The summed E-state index contributed by atoms with van der Waals surface area (Å²) < 4.78 is 1.12. The molecule has 0 unspecified atom stereocenters. The highest BCUT2D eigenvalue weighted by Gasteiger charge is 2.26. The second-order valence-corrected chi connectivity index (χ2v) is 6.81. The molecule has 2 aliphatic heterocycles. The highest BCUT2D eigenvalue weighted by atomic mass is 79.9. The molecule has 2 aliphatic rings. The molecule has 0 aliphatic carbocycles. The third-order valence-corrected chi connectivity index (χ3v) is 5.09. The molecule has 5 heteroatoms. The second-order valence-electron chi connectivity index (χ2n) is 5.06. The van der Waals surface area contributed by atoms with Crippen molar-refractivity contribution < 1.29 is 0 Å². The van der Waals surface area contributed by atoms with Crippen LogP contribution in [-0.4, -0.2) is 16.6 Å². The molecule has 0 radical (unpaired) electrons. The first kappa shape index (κ1) is 15.8. The first-order valence-corrected chi connectivity index (χ1v) is 8.55. The molecule has 0 atom stereocenters. The van der Waals surface area contributed by atoms with Gasteiger partial charge in [-0.15, -0.1) is 17.0 Å². The number of thioether (sulfide) groups is 1. The molecule has 2 aromatic carbocycles. The van der Waals surface area contributed by atoms with Crippen LogP contribution >= 0.6 is 44.7 Å². The van der Waals surface area contributed by atoms with Crippen LogP contribution in [0.3, 0.4) is 0 Å². The number of rotatable bonds is 1. The van der Waals surface area contributed by atoms with E-state index in [2.05, 4.69) is 74.8 Å². The van der Waals surface area contributed by atoms with E-state index in [1.807, 2.05) is 0 Å². The molecule has 0 saturated heterocycles. The maximum absolute atomic E-state index is 4.85. The molecule has 2 nitrogen and oxygen atoms in total. The lowest BCUT2D eigenvalue weighted by molar-refractivity contribution is 0.601. The van der Waals surface area contributed by atoms with Gasteiger partial charge in [0.05, 0.1) is 11.4 Å². The van der Waals surface area contributed by atoms with Crippen molar-refractivity contribution in [2.45, 2.75) is 6.42 Å². The van der Waals surface area contributed by atoms with Gasteiger partial charge in [-0.3, -0.25) is 0 Å². The number of halogens is 2. The van der Waals surface area contributed by atoms with Crippen LogP contribution in [0.2, 0.25) is 0 Å². The fourth-order valence-corrected chi connectivity index (χ4v) is 4.03. The summed E-state index contributed by atoms with van der Waals surface area (Å²) in [4.78, 5) is 7.18. The maximum atomic E-state index is 4.85. The van der Waals surface area contributed by atoms with Crippen LogP contribution in [0.5, 0.6) is 0 Å². The number of nitrogens with zero attached hydrogens (tertiary/aromatic N) is 2. The minimum Gasteiger partial charge on any atom is -0.319 e. The van der Waals surface area contributed by atoms with Crippen LogP contribution in [0.1, 0.15) is 11.1 Å². The standard InChI is InChI=1S/C17H13BrN2S.BrH/c18-14-6-7-15-13(10-14)8-9-20-16(11-21-17(20)19-15)12-4-2-1-3-5-12;/h1-7,10-11H,8-9H2;1H. The Bertz CT molecular complexity index is 757. The van der Waals surface area contributed by atoms with Gasteiger partial charge in [-0.2, -0.15) is 0 Å². The van der Waals surface area contributed by atoms with E-state index in [9.17, 15) is 0 Å². The van der Waals surface area contributed by atoms with Gasteiger partial charge in [-0.1, -0.05) is 58.0 Å². The van der Waals surface area contributed by atoms with E-state index in [1.54, 1.807) is 11.8 Å². The van der Waals surface area contributed by atoms with Crippen molar-refractivity contribution in [1.82, 2.24) is 4.90 Å². The molecule has 0 bridgehead atoms. The smallest absolute Gasteiger partial charge is 0.173 e. The Morgan fingerprint density at radius 3 is 2.73 bits per heavy atom. The number of benzene rings is 2. The number of hydrogen-bond donors (Lipinski definition) is 0. The summed E-state index contributed by atoms with van der Waals surface area (Å²) in [7, 11) is 0. The molecule has 2 aromatic rings. The highest BCUT2D eigenvalue weighted by molar-refractivity contribution is 9.10. The molecule has 0 aromatic heterocycles. The zero-order valence-corrected chi connectivity index (χ0v) is 15.8. The maximum Gasteiger partial charge on any atom is 0.173 e. The van der Waals surface area contributed by atoms with Crippen LogP contribution in [0.15, 0.2) is 63.4 Å². The van der Waals surface area contributed by atoms with Gasteiger partial charge in [0.15, 0.2) is 5.17 Å². The first-order chi connectivity index (χ1) is 10.3. The molecule has 22 heavy (non-hydrogen) atoms. The molecule has 0 N–H and O–H groups in total. The van der Waals surface area contributed by atoms with E-state index >= 15 is 0 Å². The Hall–Kier alpha value is -1.04. The van der Waals surface area contributed by atoms with Crippen LogP contribution in [0.4, 0.5) is 5.69 Å². The quantitative estimate of drug-likeness (QED) is 0.575. The first-order valence-electron chi connectivity index (χ1n) is 6.88. The summed E-state index contributed by atoms with van der Waals surface area (Å²) in [5, 5.41) is 3.29. The molecule has 112 valence electrons. The average molecular weight is 438 g/mol. The number of hydrogen-bond acceptors (Lipinski definition) is 3. The molecule has 0 fully saturated rings. The summed E-state index contributed by atoms with van der Waals surface area (Å²) in [5.74, 6) is 0. The summed E-state index contributed by atoms with van der Waals surface area (Å²) in [6.07, 6.45) is 1.01. The zero-order chi connectivity index (χ0) is 14.2. The predicted molar refractivity (Wildman–Crippen MR) is 104 cm³/mol. The molecule has 2 heterocycles. The molecule has 0 spiro atoms. The van der Waals surface area contributed by atoms with E-state index in [4.69, 9.17) is 4.99 Å². The summed E-state index contributed by atoms with van der Waals surface area (Å²) in [6.45, 7) is 0.968. The number of amidine groups is 1. The third kappa shape index (κ3) is 2.90. The van der Waals surface area contributed by atoms with Crippen LogP contribution in [0, 0.1) is 0 Å². The third-order valence-electron chi connectivity index (χ3n) is 3.73. The van der Waals surface area contributed by atoms with Crippen LogP contribution < -0.4 is 0 Å². The average Bonchev–Trinajstić information content (AvgIpc) is 2.82. The highest BCUT2D eigenvalue weighted by Crippen LogP contribution is 2.38. The second kappa shape index (κ2) is 6.60. The van der Waals surface area contributed by atoms with Gasteiger partial charge in [0.2, 0.25) is 0 Å². The molecule has 0 saturated carbocycles. The lowest BCUT2D eigenvalue weighted by Crippen LogP contribution is -2.24. The summed E-state index contributed by atoms with van der Waals surface area (Å²) in [5.41, 5.74) is 4.90. The minimum atomic E-state index is 0. The zero-order valence-electron chi connectivity index (χ0n) is 11.7. The van der Waals surface area contributed by atoms with E-state index in [0.717, 1.165) is 28.3 Å². The van der Waals surface area contributed by atoms with E-state index < -0.39 is 0 Å². The Morgan fingerprint density at radius 2 is 1.91 bits per heavy atom. The number of aliphatic imine (C=N–C) groups is 1. The Kier molecular flexibility index (Phi) is 4.76. The van der Waals surface area contributed by atoms with E-state index in [1.165, 1.54) is 16.8 Å². The molecular weight excluding hydrogens is 424 g/mol. The number of fused-ring (bicyclic) bond motifs is 2. The lowest BCUT2D eigenvalue weighted by Gasteiger charge is -2.20. The largest absolute Gasteiger partial charge is 0.319 e. The van der Waals surface area contributed by atoms with Crippen molar-refractivity contribution in [2.75, 3.05) is 6.54 Å². The fourth-order valence-electron chi connectivity index (χ4n) is 2.67. The van der Waals surface area contributed by atoms with Crippen LogP contribution in [-0.2, 0) is 6.42 Å². The predicted octanol–water partition coefficient (Wildman–Crippen LogP) is 5.62. The van der Waals surface area contributed by atoms with Crippen molar-refractivity contribution in [3.8, 4) is 0 Å². The Balaban J connectivity index is 0.00000144. The van der Waals surface area contributed by atoms with Gasteiger partial charge in [0.1, 0.15) is 0 Å². The lowest BCUT2D eigenvalue weighted by atomic mass is 10.1. The van der Waals surface area contributed by atoms with Gasteiger partial charge >= 0.3 is 0 Å². The molecule has 0 amide bonds. The monoisotopic (exact) mass is 436 g/mol. The van der Waals surface area contributed by atoms with Crippen molar-refractivity contribution in [3.63, 3.8) is 0 Å². The summed E-state index contributed by atoms with van der Waals surface area (Å²) >= 11 is 5.26. The van der Waals surface area contributed by atoms with Crippen molar-refractivity contribution in [3.05, 3.63) is 69.5 Å². The fraction of sp³-hybridized carbons (Fsp3) is 0.118. The minimum absolute atomic E-state index is 0.